The Labute approximate surface area is 176 Å². The Morgan fingerprint density at radius 3 is 2.87 bits per heavy atom. The summed E-state index contributed by atoms with van der Waals surface area (Å²) in [5.41, 5.74) is 3.55. The molecule has 0 radical (unpaired) electrons. The number of aliphatic hydroxyl groups is 1. The number of halogens is 2. The monoisotopic (exact) mass is 421 g/mol. The van der Waals surface area contributed by atoms with Gasteiger partial charge in [-0.2, -0.15) is 4.98 Å². The zero-order chi connectivity index (χ0) is 20.7. The van der Waals surface area contributed by atoms with Crippen molar-refractivity contribution >= 4 is 23.1 Å². The molecule has 2 aromatic carbocycles. The molecule has 3 heterocycles. The van der Waals surface area contributed by atoms with E-state index in [9.17, 15) is 9.50 Å². The predicted octanol–water partition coefficient (Wildman–Crippen LogP) is 3.99. The summed E-state index contributed by atoms with van der Waals surface area (Å²) < 4.78 is 16.2. The number of nitrogens with zero attached hydrogens (tertiary/aromatic N) is 4. The number of hydrogen-bond donors (Lipinski definition) is 2. The van der Waals surface area contributed by atoms with E-state index in [1.165, 1.54) is 18.2 Å². The third kappa shape index (κ3) is 3.22. The normalized spacial score (nSPS) is 13.5. The van der Waals surface area contributed by atoms with Gasteiger partial charge in [-0.15, -0.1) is 0 Å². The number of fused-ring (bicyclic) bond motifs is 3. The number of anilines is 1. The van der Waals surface area contributed by atoms with Crippen LogP contribution in [0.15, 0.2) is 59.7 Å². The van der Waals surface area contributed by atoms with Crippen LogP contribution in [0.2, 0.25) is 5.02 Å². The minimum absolute atomic E-state index is 0.0911. The lowest BCUT2D eigenvalue weighted by Gasteiger charge is -2.17. The summed E-state index contributed by atoms with van der Waals surface area (Å²) >= 11 is 6.43. The van der Waals surface area contributed by atoms with E-state index in [0.717, 1.165) is 35.6 Å². The molecule has 2 N–H and O–H groups in total. The van der Waals surface area contributed by atoms with Crippen molar-refractivity contribution in [2.75, 3.05) is 11.9 Å². The summed E-state index contributed by atoms with van der Waals surface area (Å²) in [7, 11) is 0. The molecule has 3 aliphatic heterocycles. The van der Waals surface area contributed by atoms with Gasteiger partial charge in [-0.05, 0) is 29.8 Å². The molecule has 0 atom stereocenters. The molecule has 5 rings (SSSR count). The van der Waals surface area contributed by atoms with Gasteiger partial charge in [0.15, 0.2) is 0 Å². The molecular weight excluding hydrogens is 405 g/mol. The lowest BCUT2D eigenvalue weighted by molar-refractivity contribution is 0.281. The van der Waals surface area contributed by atoms with E-state index in [2.05, 4.69) is 24.8 Å². The number of pyridine rings is 1. The lowest BCUT2D eigenvalue weighted by atomic mass is 10.0. The summed E-state index contributed by atoms with van der Waals surface area (Å²) in [5.74, 6) is 1.14. The summed E-state index contributed by atoms with van der Waals surface area (Å²) in [6.45, 7) is 1.30. The molecule has 0 fully saturated rings. The van der Waals surface area contributed by atoms with Gasteiger partial charge in [0.2, 0.25) is 0 Å². The smallest absolute Gasteiger partial charge is 0.251 e. The molecule has 8 heteroatoms. The molecule has 0 amide bonds. The van der Waals surface area contributed by atoms with E-state index in [1.807, 2.05) is 30.3 Å². The van der Waals surface area contributed by atoms with Crippen molar-refractivity contribution < 1.29 is 9.50 Å². The molecule has 0 saturated carbocycles. The molecule has 0 bridgehead atoms. The Morgan fingerprint density at radius 2 is 2.03 bits per heavy atom. The van der Waals surface area contributed by atoms with Crippen molar-refractivity contribution in [2.45, 2.75) is 13.2 Å². The SMILES string of the molecule is OCc1ccc(F)c(N=c2ncc3cc(-c4ccccc4Cl)c4n(c-3n2)CCN4)c1. The molecule has 30 heavy (non-hydrogen) atoms. The molecule has 150 valence electrons. The van der Waals surface area contributed by atoms with Gasteiger partial charge in [0.1, 0.15) is 23.1 Å². The second kappa shape index (κ2) is 7.51. The number of rotatable bonds is 3. The fourth-order valence-electron chi connectivity index (χ4n) is 3.65. The van der Waals surface area contributed by atoms with Crippen molar-refractivity contribution in [3.63, 3.8) is 0 Å². The van der Waals surface area contributed by atoms with Crippen LogP contribution in [-0.4, -0.2) is 26.2 Å². The van der Waals surface area contributed by atoms with E-state index >= 15 is 0 Å². The highest BCUT2D eigenvalue weighted by molar-refractivity contribution is 6.33. The maximum Gasteiger partial charge on any atom is 0.251 e. The fourth-order valence-corrected chi connectivity index (χ4v) is 3.89. The Kier molecular flexibility index (Phi) is 4.69. The van der Waals surface area contributed by atoms with Crippen LogP contribution in [0.3, 0.4) is 0 Å². The highest BCUT2D eigenvalue weighted by Crippen LogP contribution is 2.39. The van der Waals surface area contributed by atoms with E-state index < -0.39 is 5.82 Å². The van der Waals surface area contributed by atoms with Crippen molar-refractivity contribution in [2.24, 2.45) is 4.99 Å². The minimum Gasteiger partial charge on any atom is -0.392 e. The molecule has 0 aromatic heterocycles. The number of aliphatic hydroxyl groups excluding tert-OH is 1. The van der Waals surface area contributed by atoms with Gasteiger partial charge in [0.25, 0.3) is 5.62 Å². The molecule has 2 aromatic rings. The molecular formula is C22H17ClFN5O. The van der Waals surface area contributed by atoms with Gasteiger partial charge in [-0.25, -0.2) is 14.4 Å². The van der Waals surface area contributed by atoms with Gasteiger partial charge in [0, 0.05) is 41.0 Å². The van der Waals surface area contributed by atoms with Gasteiger partial charge < -0.3 is 15.0 Å². The predicted molar refractivity (Wildman–Crippen MR) is 113 cm³/mol. The average Bonchev–Trinajstić information content (AvgIpc) is 3.26. The quantitative estimate of drug-likeness (QED) is 0.524. The minimum atomic E-state index is -0.496. The Hall–Kier alpha value is -3.29. The van der Waals surface area contributed by atoms with Crippen LogP contribution in [-0.2, 0) is 13.2 Å². The maximum absolute atomic E-state index is 14.1. The molecule has 0 saturated heterocycles. The van der Waals surface area contributed by atoms with E-state index in [1.54, 1.807) is 6.20 Å². The third-order valence-electron chi connectivity index (χ3n) is 5.07. The van der Waals surface area contributed by atoms with Gasteiger partial charge in [-0.1, -0.05) is 35.9 Å². The van der Waals surface area contributed by atoms with Crippen molar-refractivity contribution in [3.8, 4) is 22.5 Å². The summed E-state index contributed by atoms with van der Waals surface area (Å²) in [4.78, 5) is 13.1. The first-order valence-corrected chi connectivity index (χ1v) is 9.85. The van der Waals surface area contributed by atoms with Crippen LogP contribution in [0.4, 0.5) is 15.9 Å². The van der Waals surface area contributed by atoms with Gasteiger partial charge >= 0.3 is 0 Å². The summed E-state index contributed by atoms with van der Waals surface area (Å²) in [6.07, 6.45) is 1.68. The van der Waals surface area contributed by atoms with Gasteiger partial charge in [0.05, 0.1) is 6.61 Å². The molecule has 0 spiro atoms. The molecule has 0 unspecified atom stereocenters. The molecule has 3 aliphatic rings. The zero-order valence-electron chi connectivity index (χ0n) is 15.8. The number of hydrogen-bond acceptors (Lipinski definition) is 5. The second-order valence-corrected chi connectivity index (χ2v) is 7.38. The molecule has 0 aliphatic carbocycles. The van der Waals surface area contributed by atoms with Crippen LogP contribution < -0.4 is 10.9 Å². The third-order valence-corrected chi connectivity index (χ3v) is 5.40. The summed E-state index contributed by atoms with van der Waals surface area (Å²) in [6, 6.07) is 14.0. The van der Waals surface area contributed by atoms with Crippen LogP contribution in [0.25, 0.3) is 22.5 Å². The Morgan fingerprint density at radius 1 is 1.17 bits per heavy atom. The van der Waals surface area contributed by atoms with E-state index in [4.69, 9.17) is 11.6 Å². The molecule has 6 nitrogen and oxygen atoms in total. The van der Waals surface area contributed by atoms with Crippen molar-refractivity contribution in [3.05, 3.63) is 76.7 Å². The lowest BCUT2D eigenvalue weighted by Crippen LogP contribution is -2.17. The standard InChI is InChI=1S/C22H17ClFN5O/c23-17-4-2-1-3-15(17)16-10-14-11-26-22(28-20(14)29-8-7-25-21(16)29)27-19-9-13(12-30)5-6-18(19)24/h1-6,9-11,25,30H,7-8,12H2. The van der Waals surface area contributed by atoms with Crippen LogP contribution in [0.1, 0.15) is 5.56 Å². The van der Waals surface area contributed by atoms with E-state index in [0.29, 0.717) is 16.4 Å². The van der Waals surface area contributed by atoms with Gasteiger partial charge in [-0.3, -0.25) is 0 Å². The Bertz CT molecular complexity index is 1300. The first-order chi connectivity index (χ1) is 14.6. The highest BCUT2D eigenvalue weighted by Gasteiger charge is 2.23. The van der Waals surface area contributed by atoms with Crippen LogP contribution in [0, 0.1) is 5.82 Å². The van der Waals surface area contributed by atoms with Crippen molar-refractivity contribution in [1.82, 2.24) is 14.5 Å². The van der Waals surface area contributed by atoms with Crippen LogP contribution >= 0.6 is 11.6 Å². The fraction of sp³-hybridized carbons (Fsp3) is 0.136. The number of nitrogens with one attached hydrogen (secondary N) is 1. The zero-order valence-corrected chi connectivity index (χ0v) is 16.6. The summed E-state index contributed by atoms with van der Waals surface area (Å²) in [5, 5.41) is 13.4. The van der Waals surface area contributed by atoms with Crippen molar-refractivity contribution in [1.29, 1.82) is 0 Å². The number of benzene rings is 2. The average molecular weight is 422 g/mol. The topological polar surface area (TPSA) is 75.3 Å². The first kappa shape index (κ1) is 18.7. The number of aromatic nitrogens is 3. The second-order valence-electron chi connectivity index (χ2n) is 6.97. The maximum atomic E-state index is 14.1. The largest absolute Gasteiger partial charge is 0.392 e. The first-order valence-electron chi connectivity index (χ1n) is 9.47. The van der Waals surface area contributed by atoms with E-state index in [-0.39, 0.29) is 17.9 Å². The Balaban J connectivity index is 1.70. The van der Waals surface area contributed by atoms with Crippen LogP contribution in [0.5, 0.6) is 0 Å². The highest BCUT2D eigenvalue weighted by atomic mass is 35.5.